The topological polar surface area (TPSA) is 54.5 Å². The van der Waals surface area contributed by atoms with E-state index in [9.17, 15) is 0 Å². The van der Waals surface area contributed by atoms with Crippen LogP contribution in [0, 0.1) is 11.3 Å². The number of hydrogen-bond acceptors (Lipinski definition) is 3. The molecule has 0 N–H and O–H groups in total. The van der Waals surface area contributed by atoms with Gasteiger partial charge in [-0.25, -0.2) is 0 Å². The first-order valence-corrected chi connectivity index (χ1v) is 4.62. The SMILES string of the molecule is Cn1cc(CC#N)c(-c2ccccn2)n1. The lowest BCUT2D eigenvalue weighted by Crippen LogP contribution is -1.89. The van der Waals surface area contributed by atoms with Crippen molar-refractivity contribution in [3.05, 3.63) is 36.2 Å². The Labute approximate surface area is 87.8 Å². The van der Waals surface area contributed by atoms with Crippen LogP contribution in [0.1, 0.15) is 5.56 Å². The van der Waals surface area contributed by atoms with E-state index in [4.69, 9.17) is 5.26 Å². The van der Waals surface area contributed by atoms with Crippen molar-refractivity contribution < 1.29 is 0 Å². The molecular formula is C11H10N4. The van der Waals surface area contributed by atoms with Gasteiger partial charge in [-0.15, -0.1) is 0 Å². The van der Waals surface area contributed by atoms with Crippen LogP contribution in [0.25, 0.3) is 11.4 Å². The Morgan fingerprint density at radius 3 is 3.00 bits per heavy atom. The minimum absolute atomic E-state index is 0.361. The molecule has 15 heavy (non-hydrogen) atoms. The number of pyridine rings is 1. The van der Waals surface area contributed by atoms with Crippen molar-refractivity contribution in [1.82, 2.24) is 14.8 Å². The van der Waals surface area contributed by atoms with Crippen molar-refractivity contribution in [3.63, 3.8) is 0 Å². The summed E-state index contributed by atoms with van der Waals surface area (Å²) in [5.41, 5.74) is 2.52. The summed E-state index contributed by atoms with van der Waals surface area (Å²) in [4.78, 5) is 4.22. The van der Waals surface area contributed by atoms with Crippen LogP contribution in [0.15, 0.2) is 30.6 Å². The lowest BCUT2D eigenvalue weighted by Gasteiger charge is -1.96. The molecule has 0 spiro atoms. The molecule has 0 amide bonds. The van der Waals surface area contributed by atoms with E-state index >= 15 is 0 Å². The minimum atomic E-state index is 0.361. The van der Waals surface area contributed by atoms with Gasteiger partial charge < -0.3 is 0 Å². The molecule has 0 aliphatic heterocycles. The van der Waals surface area contributed by atoms with E-state index in [1.807, 2.05) is 31.4 Å². The van der Waals surface area contributed by atoms with E-state index < -0.39 is 0 Å². The summed E-state index contributed by atoms with van der Waals surface area (Å²) in [6, 6.07) is 7.79. The molecule has 74 valence electrons. The van der Waals surface area contributed by atoms with Gasteiger partial charge in [-0.3, -0.25) is 9.67 Å². The summed E-state index contributed by atoms with van der Waals surface area (Å²) in [7, 11) is 1.84. The highest BCUT2D eigenvalue weighted by molar-refractivity contribution is 5.58. The van der Waals surface area contributed by atoms with Crippen LogP contribution in [-0.2, 0) is 13.5 Å². The maximum atomic E-state index is 8.69. The van der Waals surface area contributed by atoms with Crippen molar-refractivity contribution in [2.24, 2.45) is 7.05 Å². The third-order valence-electron chi connectivity index (χ3n) is 2.08. The molecule has 0 aliphatic rings. The van der Waals surface area contributed by atoms with Gasteiger partial charge in [-0.2, -0.15) is 10.4 Å². The highest BCUT2D eigenvalue weighted by Crippen LogP contribution is 2.19. The average Bonchev–Trinajstić information content (AvgIpc) is 2.62. The molecular weight excluding hydrogens is 188 g/mol. The normalized spacial score (nSPS) is 9.87. The molecule has 0 saturated carbocycles. The maximum absolute atomic E-state index is 8.69. The van der Waals surface area contributed by atoms with E-state index in [0.29, 0.717) is 6.42 Å². The second-order valence-electron chi connectivity index (χ2n) is 3.23. The zero-order valence-electron chi connectivity index (χ0n) is 8.38. The number of nitriles is 1. The fourth-order valence-electron chi connectivity index (χ4n) is 1.47. The molecule has 4 heteroatoms. The van der Waals surface area contributed by atoms with Gasteiger partial charge in [0.15, 0.2) is 0 Å². The Bertz CT molecular complexity index is 493. The van der Waals surface area contributed by atoms with Crippen LogP contribution in [0.4, 0.5) is 0 Å². The fraction of sp³-hybridized carbons (Fsp3) is 0.182. The van der Waals surface area contributed by atoms with Gasteiger partial charge in [-0.05, 0) is 12.1 Å². The molecule has 0 aromatic carbocycles. The average molecular weight is 198 g/mol. The molecule has 0 atom stereocenters. The summed E-state index contributed by atoms with van der Waals surface area (Å²) in [5, 5.41) is 13.0. The van der Waals surface area contributed by atoms with Crippen LogP contribution < -0.4 is 0 Å². The second-order valence-corrected chi connectivity index (χ2v) is 3.23. The first kappa shape index (κ1) is 9.41. The predicted molar refractivity (Wildman–Crippen MR) is 55.8 cm³/mol. The quantitative estimate of drug-likeness (QED) is 0.735. The lowest BCUT2D eigenvalue weighted by molar-refractivity contribution is 0.769. The third-order valence-corrected chi connectivity index (χ3v) is 2.08. The van der Waals surface area contributed by atoms with Crippen molar-refractivity contribution >= 4 is 0 Å². The van der Waals surface area contributed by atoms with Crippen LogP contribution in [0.2, 0.25) is 0 Å². The number of rotatable bonds is 2. The van der Waals surface area contributed by atoms with Crippen LogP contribution in [-0.4, -0.2) is 14.8 Å². The predicted octanol–water partition coefficient (Wildman–Crippen LogP) is 1.55. The summed E-state index contributed by atoms with van der Waals surface area (Å²) < 4.78 is 1.71. The van der Waals surface area contributed by atoms with Gasteiger partial charge in [0.25, 0.3) is 0 Å². The molecule has 0 bridgehead atoms. The van der Waals surface area contributed by atoms with Gasteiger partial charge in [0, 0.05) is 25.0 Å². The van der Waals surface area contributed by atoms with Crippen LogP contribution in [0.3, 0.4) is 0 Å². The third kappa shape index (κ3) is 1.86. The highest BCUT2D eigenvalue weighted by atomic mass is 15.3. The maximum Gasteiger partial charge on any atom is 0.115 e. The Morgan fingerprint density at radius 1 is 1.47 bits per heavy atom. The number of nitrogens with zero attached hydrogens (tertiary/aromatic N) is 4. The van der Waals surface area contributed by atoms with E-state index in [2.05, 4.69) is 16.2 Å². The Kier molecular flexibility index (Phi) is 2.46. The van der Waals surface area contributed by atoms with E-state index in [1.165, 1.54) is 0 Å². The van der Waals surface area contributed by atoms with E-state index in [-0.39, 0.29) is 0 Å². The van der Waals surface area contributed by atoms with Crippen molar-refractivity contribution in [1.29, 1.82) is 5.26 Å². The minimum Gasteiger partial charge on any atom is -0.275 e. The molecule has 0 fully saturated rings. The summed E-state index contributed by atoms with van der Waals surface area (Å²) in [5.74, 6) is 0. The molecule has 2 aromatic heterocycles. The molecule has 2 aromatic rings. The lowest BCUT2D eigenvalue weighted by atomic mass is 10.1. The molecule has 0 saturated heterocycles. The van der Waals surface area contributed by atoms with Crippen molar-refractivity contribution in [2.75, 3.05) is 0 Å². The van der Waals surface area contributed by atoms with Gasteiger partial charge in [-0.1, -0.05) is 6.07 Å². The smallest absolute Gasteiger partial charge is 0.115 e. The Hall–Kier alpha value is -2.15. The molecule has 4 nitrogen and oxygen atoms in total. The van der Waals surface area contributed by atoms with E-state index in [0.717, 1.165) is 17.0 Å². The standard InChI is InChI=1S/C11H10N4/c1-15-8-9(5-6-12)11(14-15)10-4-2-3-7-13-10/h2-4,7-8H,5H2,1H3. The Morgan fingerprint density at radius 2 is 2.33 bits per heavy atom. The second kappa shape index (κ2) is 3.93. The van der Waals surface area contributed by atoms with E-state index in [1.54, 1.807) is 10.9 Å². The van der Waals surface area contributed by atoms with Crippen molar-refractivity contribution in [3.8, 4) is 17.5 Å². The van der Waals surface area contributed by atoms with Gasteiger partial charge in [0.05, 0.1) is 18.2 Å². The fourth-order valence-corrected chi connectivity index (χ4v) is 1.47. The number of aryl methyl sites for hydroxylation is 1. The first-order valence-electron chi connectivity index (χ1n) is 4.62. The zero-order chi connectivity index (χ0) is 10.7. The number of hydrogen-bond donors (Lipinski definition) is 0. The largest absolute Gasteiger partial charge is 0.275 e. The highest BCUT2D eigenvalue weighted by Gasteiger charge is 2.09. The summed E-state index contributed by atoms with van der Waals surface area (Å²) in [6.07, 6.45) is 3.94. The number of aromatic nitrogens is 3. The molecule has 0 radical (unpaired) electrons. The first-order chi connectivity index (χ1) is 7.31. The zero-order valence-corrected chi connectivity index (χ0v) is 8.38. The van der Waals surface area contributed by atoms with Gasteiger partial charge >= 0.3 is 0 Å². The molecule has 2 heterocycles. The summed E-state index contributed by atoms with van der Waals surface area (Å²) in [6.45, 7) is 0. The monoisotopic (exact) mass is 198 g/mol. The van der Waals surface area contributed by atoms with Crippen LogP contribution >= 0.6 is 0 Å². The molecule has 0 aliphatic carbocycles. The molecule has 2 rings (SSSR count). The Balaban J connectivity index is 2.49. The van der Waals surface area contributed by atoms with Gasteiger partial charge in [0.1, 0.15) is 5.69 Å². The van der Waals surface area contributed by atoms with Gasteiger partial charge in [0.2, 0.25) is 0 Å². The van der Waals surface area contributed by atoms with Crippen LogP contribution in [0.5, 0.6) is 0 Å². The molecule has 0 unspecified atom stereocenters. The summed E-state index contributed by atoms with van der Waals surface area (Å²) >= 11 is 0. The van der Waals surface area contributed by atoms with Crippen molar-refractivity contribution in [2.45, 2.75) is 6.42 Å².